The average Bonchev–Trinajstić information content (AvgIpc) is 3.00. The van der Waals surface area contributed by atoms with Gasteiger partial charge in [0.1, 0.15) is 5.82 Å². The van der Waals surface area contributed by atoms with E-state index >= 15 is 0 Å². The summed E-state index contributed by atoms with van der Waals surface area (Å²) in [6.07, 6.45) is 3.30. The van der Waals surface area contributed by atoms with Gasteiger partial charge in [0.25, 0.3) is 5.56 Å². The van der Waals surface area contributed by atoms with Crippen LogP contribution in [0.5, 0.6) is 11.5 Å². The molecule has 2 heterocycles. The smallest absolute Gasteiger partial charge is 0.258 e. The first-order valence-electron chi connectivity index (χ1n) is 9.91. The Kier molecular flexibility index (Phi) is 6.43. The maximum atomic E-state index is 12.8. The van der Waals surface area contributed by atoms with E-state index in [4.69, 9.17) is 9.47 Å². The number of carbonyl (C=O) groups is 1. The van der Waals surface area contributed by atoms with Gasteiger partial charge in [-0.15, -0.1) is 0 Å². The van der Waals surface area contributed by atoms with Gasteiger partial charge < -0.3 is 19.4 Å². The van der Waals surface area contributed by atoms with Crippen LogP contribution in [0.4, 0.5) is 0 Å². The van der Waals surface area contributed by atoms with Crippen LogP contribution in [0.3, 0.4) is 0 Å². The fourth-order valence-corrected chi connectivity index (χ4v) is 3.41. The first-order chi connectivity index (χ1) is 14.8. The lowest BCUT2D eigenvalue weighted by Gasteiger charge is -2.18. The quantitative estimate of drug-likeness (QED) is 0.583. The average molecular weight is 425 g/mol. The summed E-state index contributed by atoms with van der Waals surface area (Å²) in [6, 6.07) is 3.24. The molecule has 2 aromatic heterocycles. The molecule has 1 amide bonds. The minimum Gasteiger partial charge on any atom is -0.493 e. The molecule has 0 bridgehead atoms. The Labute approximate surface area is 180 Å². The molecule has 9 heteroatoms. The van der Waals surface area contributed by atoms with Crippen molar-refractivity contribution in [2.45, 2.75) is 27.3 Å². The third-order valence-electron chi connectivity index (χ3n) is 5.25. The van der Waals surface area contributed by atoms with Crippen LogP contribution in [0.25, 0.3) is 17.0 Å². The van der Waals surface area contributed by atoms with Crippen molar-refractivity contribution in [1.29, 1.82) is 0 Å². The van der Waals surface area contributed by atoms with Gasteiger partial charge >= 0.3 is 0 Å². The second-order valence-corrected chi connectivity index (χ2v) is 7.13. The SMILES string of the molecule is CCN(Cc1nc2cc(OC)c(OC)cc2c(=O)[nH]1)C(=O)C=Cc1c(C)nn(C)c1C. The number of fused-ring (bicyclic) bond motifs is 1. The summed E-state index contributed by atoms with van der Waals surface area (Å²) < 4.78 is 12.3. The fourth-order valence-electron chi connectivity index (χ4n) is 3.41. The number of aromatic amines is 1. The molecule has 0 aliphatic heterocycles. The van der Waals surface area contributed by atoms with E-state index < -0.39 is 0 Å². The number of nitrogens with one attached hydrogen (secondary N) is 1. The number of benzene rings is 1. The minimum atomic E-state index is -0.304. The van der Waals surface area contributed by atoms with Gasteiger partial charge in [-0.3, -0.25) is 14.3 Å². The first kappa shape index (κ1) is 22.1. The number of carbonyl (C=O) groups excluding carboxylic acids is 1. The van der Waals surface area contributed by atoms with Crippen LogP contribution in [-0.2, 0) is 18.4 Å². The molecule has 1 N–H and O–H groups in total. The van der Waals surface area contributed by atoms with Gasteiger partial charge in [0.15, 0.2) is 11.5 Å². The van der Waals surface area contributed by atoms with E-state index in [9.17, 15) is 9.59 Å². The number of nitrogens with zero attached hydrogens (tertiary/aromatic N) is 4. The molecule has 0 spiro atoms. The molecule has 0 saturated carbocycles. The molecule has 1 aromatic carbocycles. The summed E-state index contributed by atoms with van der Waals surface area (Å²) in [5.41, 5.74) is 2.93. The Hall–Kier alpha value is -3.62. The monoisotopic (exact) mass is 425 g/mol. The zero-order chi connectivity index (χ0) is 22.7. The summed E-state index contributed by atoms with van der Waals surface area (Å²) in [4.78, 5) is 34.2. The maximum absolute atomic E-state index is 12.8. The van der Waals surface area contributed by atoms with Crippen LogP contribution in [0.15, 0.2) is 23.0 Å². The molecule has 3 rings (SSSR count). The summed E-state index contributed by atoms with van der Waals surface area (Å²) in [5.74, 6) is 1.14. The standard InChI is InChI=1S/C22H27N5O4/c1-7-27(21(28)9-8-15-13(2)25-26(4)14(15)3)12-20-23-17-11-19(31-6)18(30-5)10-16(17)22(29)24-20/h8-11H,7,12H2,1-6H3,(H,23,24,29). The Morgan fingerprint density at radius 1 is 1.23 bits per heavy atom. The van der Waals surface area contributed by atoms with E-state index in [1.54, 1.807) is 27.8 Å². The Morgan fingerprint density at radius 3 is 2.48 bits per heavy atom. The van der Waals surface area contributed by atoms with Gasteiger partial charge in [0.05, 0.1) is 37.4 Å². The van der Waals surface area contributed by atoms with Crippen LogP contribution in [0, 0.1) is 13.8 Å². The number of rotatable bonds is 7. The molecule has 0 aliphatic rings. The summed E-state index contributed by atoms with van der Waals surface area (Å²) in [6.45, 7) is 6.36. The predicted molar refractivity (Wildman–Crippen MR) is 118 cm³/mol. The fraction of sp³-hybridized carbons (Fsp3) is 0.364. The van der Waals surface area contributed by atoms with Gasteiger partial charge in [-0.05, 0) is 32.9 Å². The zero-order valence-corrected chi connectivity index (χ0v) is 18.6. The lowest BCUT2D eigenvalue weighted by atomic mass is 10.2. The molecular weight excluding hydrogens is 398 g/mol. The molecule has 0 unspecified atom stereocenters. The largest absolute Gasteiger partial charge is 0.493 e. The van der Waals surface area contributed by atoms with Gasteiger partial charge in [0.2, 0.25) is 5.91 Å². The van der Waals surface area contributed by atoms with Crippen LogP contribution in [0.1, 0.15) is 29.7 Å². The van der Waals surface area contributed by atoms with Crippen molar-refractivity contribution in [2.24, 2.45) is 7.05 Å². The van der Waals surface area contributed by atoms with Crippen molar-refractivity contribution < 1.29 is 14.3 Å². The lowest BCUT2D eigenvalue weighted by Crippen LogP contribution is -2.30. The van der Waals surface area contributed by atoms with Crippen molar-refractivity contribution >= 4 is 22.9 Å². The molecule has 164 valence electrons. The number of hydrogen-bond donors (Lipinski definition) is 1. The summed E-state index contributed by atoms with van der Waals surface area (Å²) >= 11 is 0. The van der Waals surface area contributed by atoms with Crippen LogP contribution >= 0.6 is 0 Å². The van der Waals surface area contributed by atoms with Gasteiger partial charge in [-0.2, -0.15) is 5.10 Å². The van der Waals surface area contributed by atoms with Gasteiger partial charge in [-0.1, -0.05) is 0 Å². The van der Waals surface area contributed by atoms with E-state index in [1.165, 1.54) is 20.3 Å². The van der Waals surface area contributed by atoms with Crippen LogP contribution < -0.4 is 15.0 Å². The lowest BCUT2D eigenvalue weighted by molar-refractivity contribution is -0.126. The maximum Gasteiger partial charge on any atom is 0.258 e. The van der Waals surface area contributed by atoms with Crippen molar-refractivity contribution in [3.05, 3.63) is 51.3 Å². The number of hydrogen-bond acceptors (Lipinski definition) is 6. The highest BCUT2D eigenvalue weighted by Gasteiger charge is 2.15. The molecule has 0 radical (unpaired) electrons. The number of methoxy groups -OCH3 is 2. The zero-order valence-electron chi connectivity index (χ0n) is 18.6. The highest BCUT2D eigenvalue weighted by molar-refractivity contribution is 5.92. The summed E-state index contributed by atoms with van der Waals surface area (Å²) in [7, 11) is 4.89. The van der Waals surface area contributed by atoms with E-state index in [-0.39, 0.29) is 18.0 Å². The molecule has 0 atom stereocenters. The number of amides is 1. The van der Waals surface area contributed by atoms with Crippen LogP contribution in [-0.4, -0.2) is 51.3 Å². The molecule has 3 aromatic rings. The second kappa shape index (κ2) is 9.03. The number of ether oxygens (including phenoxy) is 2. The second-order valence-electron chi connectivity index (χ2n) is 7.13. The third-order valence-corrected chi connectivity index (χ3v) is 5.25. The topological polar surface area (TPSA) is 102 Å². The Morgan fingerprint density at radius 2 is 1.90 bits per heavy atom. The first-order valence-corrected chi connectivity index (χ1v) is 9.91. The van der Waals surface area contributed by atoms with Crippen LogP contribution in [0.2, 0.25) is 0 Å². The molecule has 0 fully saturated rings. The molecule has 0 saturated heterocycles. The Bertz CT molecular complexity index is 1210. The van der Waals surface area contributed by atoms with Crippen molar-refractivity contribution in [2.75, 3.05) is 20.8 Å². The molecule has 9 nitrogen and oxygen atoms in total. The predicted octanol–water partition coefficient (Wildman–Crippen LogP) is 2.35. The van der Waals surface area contributed by atoms with Crippen molar-refractivity contribution in [1.82, 2.24) is 24.6 Å². The number of H-pyrrole nitrogens is 1. The van der Waals surface area contributed by atoms with E-state index in [2.05, 4.69) is 15.1 Å². The van der Waals surface area contributed by atoms with E-state index in [0.29, 0.717) is 34.8 Å². The molecule has 0 aliphatic carbocycles. The van der Waals surface area contributed by atoms with Gasteiger partial charge in [0, 0.05) is 37.0 Å². The van der Waals surface area contributed by atoms with Crippen molar-refractivity contribution in [3.8, 4) is 11.5 Å². The van der Waals surface area contributed by atoms with E-state index in [1.807, 2.05) is 27.8 Å². The normalized spacial score (nSPS) is 11.3. The number of likely N-dealkylation sites (N-methyl/N-ethyl adjacent to an activating group) is 1. The van der Waals surface area contributed by atoms with Crippen molar-refractivity contribution in [3.63, 3.8) is 0 Å². The minimum absolute atomic E-state index is 0.171. The molecule has 31 heavy (non-hydrogen) atoms. The highest BCUT2D eigenvalue weighted by Crippen LogP contribution is 2.30. The van der Waals surface area contributed by atoms with E-state index in [0.717, 1.165) is 17.0 Å². The summed E-state index contributed by atoms with van der Waals surface area (Å²) in [5, 5.41) is 4.75. The number of aromatic nitrogens is 4. The van der Waals surface area contributed by atoms with Gasteiger partial charge in [-0.25, -0.2) is 4.98 Å². The molecular formula is C22H27N5O4. The highest BCUT2D eigenvalue weighted by atomic mass is 16.5. The Balaban J connectivity index is 1.87. The third kappa shape index (κ3) is 4.45. The number of aryl methyl sites for hydroxylation is 2.